The van der Waals surface area contributed by atoms with Crippen molar-refractivity contribution in [3.8, 4) is 17.1 Å². The number of carbonyl (C=O) groups is 2. The first kappa shape index (κ1) is 30.7. The number of alkyl halides is 7. The third-order valence-corrected chi connectivity index (χ3v) is 6.86. The van der Waals surface area contributed by atoms with Crippen molar-refractivity contribution in [1.29, 1.82) is 0 Å². The zero-order chi connectivity index (χ0) is 31.2. The van der Waals surface area contributed by atoms with Crippen LogP contribution < -0.4 is 21.5 Å². The number of nitrogens with zero attached hydrogens (tertiary/aromatic N) is 5. The molecule has 3 aromatic heterocycles. The van der Waals surface area contributed by atoms with Gasteiger partial charge in [0.25, 0.3) is 11.8 Å². The van der Waals surface area contributed by atoms with Crippen molar-refractivity contribution in [2.75, 3.05) is 25.9 Å². The zero-order valence-electron chi connectivity index (χ0n) is 22.1. The van der Waals surface area contributed by atoms with Crippen LogP contribution in [0.1, 0.15) is 35.7 Å². The molecule has 0 aromatic carbocycles. The number of nitrogen functional groups attached to an aromatic ring is 1. The number of halogens is 7. The van der Waals surface area contributed by atoms with Crippen molar-refractivity contribution in [2.24, 2.45) is 5.73 Å². The predicted octanol–water partition coefficient (Wildman–Crippen LogP) is 2.74. The van der Waals surface area contributed by atoms with Gasteiger partial charge in [0, 0.05) is 18.3 Å². The Morgan fingerprint density at radius 3 is 2.43 bits per heavy atom. The molecule has 1 unspecified atom stereocenters. The number of anilines is 1. The molecule has 5 N–H and O–H groups in total. The molecule has 2 amide bonds. The number of fused-ring (bicyclic) bond motifs is 1. The number of likely N-dealkylation sites (tertiary alicyclic amines) is 1. The molecular weight excluding hydrogens is 581 g/mol. The molecule has 1 aliphatic rings. The summed E-state index contributed by atoms with van der Waals surface area (Å²) in [5.41, 5.74) is 5.65. The van der Waals surface area contributed by atoms with Gasteiger partial charge in [0.15, 0.2) is 11.4 Å². The highest BCUT2D eigenvalue weighted by molar-refractivity contribution is 5.98. The molecule has 11 nitrogen and oxygen atoms in total. The minimum atomic E-state index is -5.10. The average molecular weight is 607 g/mol. The predicted molar refractivity (Wildman–Crippen MR) is 133 cm³/mol. The lowest BCUT2D eigenvalue weighted by atomic mass is 9.92. The van der Waals surface area contributed by atoms with Gasteiger partial charge in [0.1, 0.15) is 23.6 Å². The molecule has 18 heteroatoms. The van der Waals surface area contributed by atoms with Crippen molar-refractivity contribution in [1.82, 2.24) is 29.8 Å². The summed E-state index contributed by atoms with van der Waals surface area (Å²) < 4.78 is 103. The Morgan fingerprint density at radius 2 is 1.83 bits per heavy atom. The Hall–Kier alpha value is -4.22. The molecule has 0 radical (unpaired) electrons. The van der Waals surface area contributed by atoms with Gasteiger partial charge in [-0.3, -0.25) is 9.59 Å². The summed E-state index contributed by atoms with van der Waals surface area (Å²) in [5, 5.41) is 6.13. The number of nitrogens with two attached hydrogens (primary N) is 2. The standard InChI is InChI=1S/C24H25F7N8O3/c1-3-4-22(33,24(29,30)31)21(41)38-8-14(25)15(9-38)37-19(40)12-5-11(7-34-20(12)42-2)16-6-13(23(26,27)28)17-18(32)35-10-36-39(16)17/h5-7,10,14-15H,3-4,8-9,33H2,1-2H3,(H,37,40)(H2,32,35,36)/t14-,15+,22?/m0/s1. The maximum absolute atomic E-state index is 14.9. The van der Waals surface area contributed by atoms with Crippen LogP contribution in [0.3, 0.4) is 0 Å². The summed E-state index contributed by atoms with van der Waals surface area (Å²) in [7, 11) is 1.15. The highest BCUT2D eigenvalue weighted by Crippen LogP contribution is 2.39. The number of carbonyl (C=O) groups excluding carboxylic acids is 2. The van der Waals surface area contributed by atoms with Gasteiger partial charge in [-0.2, -0.15) is 31.4 Å². The van der Waals surface area contributed by atoms with Gasteiger partial charge in [-0.05, 0) is 18.6 Å². The molecular formula is C24H25F7N8O3. The third-order valence-electron chi connectivity index (χ3n) is 6.86. The number of hydrogen-bond donors (Lipinski definition) is 3. The average Bonchev–Trinajstić information content (AvgIpc) is 3.49. The SMILES string of the molecule is CCCC(N)(C(=O)N1C[C@H](F)[C@H](NC(=O)c2cc(-c3cc(C(F)(F)F)c4c(N)ncnn34)cnc2OC)C1)C(F)(F)F. The maximum atomic E-state index is 14.9. The molecule has 0 spiro atoms. The van der Waals surface area contributed by atoms with E-state index in [0.29, 0.717) is 4.90 Å². The number of aromatic nitrogens is 4. The van der Waals surface area contributed by atoms with E-state index in [9.17, 15) is 40.3 Å². The number of hydrogen-bond acceptors (Lipinski definition) is 8. The van der Waals surface area contributed by atoms with Crippen molar-refractivity contribution < 1.29 is 45.1 Å². The van der Waals surface area contributed by atoms with Crippen LogP contribution >= 0.6 is 0 Å². The second-order valence-corrected chi connectivity index (χ2v) is 9.65. The highest BCUT2D eigenvalue weighted by atomic mass is 19.4. The van der Waals surface area contributed by atoms with E-state index in [2.05, 4.69) is 20.4 Å². The summed E-state index contributed by atoms with van der Waals surface area (Å²) in [5.74, 6) is -3.29. The highest BCUT2D eigenvalue weighted by Gasteiger charge is 2.59. The van der Waals surface area contributed by atoms with Crippen LogP contribution in [0.2, 0.25) is 0 Å². The van der Waals surface area contributed by atoms with E-state index < -0.39 is 78.3 Å². The molecule has 0 bridgehead atoms. The lowest BCUT2D eigenvalue weighted by molar-refractivity contribution is -0.198. The van der Waals surface area contributed by atoms with Crippen molar-refractivity contribution in [3.63, 3.8) is 0 Å². The second kappa shape index (κ2) is 10.9. The number of nitrogens with one attached hydrogen (secondary N) is 1. The van der Waals surface area contributed by atoms with E-state index in [-0.39, 0.29) is 29.1 Å². The number of methoxy groups -OCH3 is 1. The van der Waals surface area contributed by atoms with Gasteiger partial charge >= 0.3 is 12.4 Å². The number of ether oxygens (including phenoxy) is 1. The van der Waals surface area contributed by atoms with Crippen LogP contribution in [0, 0.1) is 0 Å². The van der Waals surface area contributed by atoms with Gasteiger partial charge in [-0.15, -0.1) is 0 Å². The minimum Gasteiger partial charge on any atom is -0.480 e. The van der Waals surface area contributed by atoms with E-state index in [1.807, 2.05) is 0 Å². The molecule has 4 heterocycles. The summed E-state index contributed by atoms with van der Waals surface area (Å²) in [4.78, 5) is 34.1. The Morgan fingerprint density at radius 1 is 1.14 bits per heavy atom. The number of rotatable bonds is 7. The Bertz CT molecular complexity index is 1510. The van der Waals surface area contributed by atoms with E-state index in [0.717, 1.165) is 36.3 Å². The van der Waals surface area contributed by atoms with Gasteiger partial charge in [-0.25, -0.2) is 18.9 Å². The molecule has 3 atom stereocenters. The quantitative estimate of drug-likeness (QED) is 0.347. The topological polar surface area (TPSA) is 154 Å². The van der Waals surface area contributed by atoms with Crippen LogP contribution in [0.15, 0.2) is 24.7 Å². The lowest BCUT2D eigenvalue weighted by Gasteiger charge is -2.33. The van der Waals surface area contributed by atoms with Crippen molar-refractivity contribution in [2.45, 2.75) is 49.9 Å². The molecule has 1 aliphatic heterocycles. The van der Waals surface area contributed by atoms with Crippen LogP contribution in [-0.4, -0.2) is 80.4 Å². The molecule has 1 fully saturated rings. The summed E-state index contributed by atoms with van der Waals surface area (Å²) in [6, 6.07) is 0.412. The van der Waals surface area contributed by atoms with Crippen LogP contribution in [0.5, 0.6) is 5.88 Å². The maximum Gasteiger partial charge on any atom is 0.418 e. The normalized spacial score (nSPS) is 19.1. The summed E-state index contributed by atoms with van der Waals surface area (Å²) in [6.07, 6.45) is -10.7. The first-order valence-corrected chi connectivity index (χ1v) is 12.4. The van der Waals surface area contributed by atoms with Crippen LogP contribution in [-0.2, 0) is 11.0 Å². The first-order chi connectivity index (χ1) is 19.5. The number of pyridine rings is 1. The minimum absolute atomic E-state index is 0.0396. The van der Waals surface area contributed by atoms with E-state index >= 15 is 0 Å². The third kappa shape index (κ3) is 5.37. The lowest BCUT2D eigenvalue weighted by Crippen LogP contribution is -2.64. The summed E-state index contributed by atoms with van der Waals surface area (Å²) in [6.45, 7) is 0.0353. The fourth-order valence-electron chi connectivity index (χ4n) is 4.77. The van der Waals surface area contributed by atoms with E-state index in [4.69, 9.17) is 16.2 Å². The first-order valence-electron chi connectivity index (χ1n) is 12.4. The molecule has 4 rings (SSSR count). The molecule has 42 heavy (non-hydrogen) atoms. The fourth-order valence-corrected chi connectivity index (χ4v) is 4.77. The van der Waals surface area contributed by atoms with E-state index in [1.54, 1.807) is 0 Å². The zero-order valence-corrected chi connectivity index (χ0v) is 22.1. The fraction of sp³-hybridized carbons (Fsp3) is 0.458. The van der Waals surface area contributed by atoms with Gasteiger partial charge < -0.3 is 26.4 Å². The Labute approximate surface area is 233 Å². The molecule has 3 aromatic rings. The Balaban J connectivity index is 1.64. The second-order valence-electron chi connectivity index (χ2n) is 9.65. The molecule has 0 aliphatic carbocycles. The van der Waals surface area contributed by atoms with Gasteiger partial charge in [0.2, 0.25) is 5.88 Å². The molecule has 0 saturated carbocycles. The molecule has 228 valence electrons. The summed E-state index contributed by atoms with van der Waals surface area (Å²) >= 11 is 0. The van der Waals surface area contributed by atoms with Crippen LogP contribution in [0.25, 0.3) is 16.8 Å². The number of amides is 2. The van der Waals surface area contributed by atoms with Crippen molar-refractivity contribution >= 4 is 23.1 Å². The molecule has 1 saturated heterocycles. The van der Waals surface area contributed by atoms with Gasteiger partial charge in [0.05, 0.1) is 31.0 Å². The van der Waals surface area contributed by atoms with Crippen LogP contribution in [0.4, 0.5) is 36.6 Å². The van der Waals surface area contributed by atoms with E-state index in [1.165, 1.54) is 6.92 Å². The van der Waals surface area contributed by atoms with Gasteiger partial charge in [-0.1, -0.05) is 13.3 Å². The smallest absolute Gasteiger partial charge is 0.418 e. The Kier molecular flexibility index (Phi) is 7.96. The largest absolute Gasteiger partial charge is 0.480 e. The monoisotopic (exact) mass is 606 g/mol. The van der Waals surface area contributed by atoms with Crippen molar-refractivity contribution in [3.05, 3.63) is 35.8 Å².